The van der Waals surface area contributed by atoms with E-state index in [1.54, 1.807) is 0 Å². The Balaban J connectivity index is 2.73. The predicted octanol–water partition coefficient (Wildman–Crippen LogP) is 2.29. The third-order valence-electron chi connectivity index (χ3n) is 3.05. The van der Waals surface area contributed by atoms with Gasteiger partial charge in [-0.3, -0.25) is 4.79 Å². The number of hydrogen-bond donors (Lipinski definition) is 1. The van der Waals surface area contributed by atoms with E-state index in [2.05, 4.69) is 0 Å². The minimum absolute atomic E-state index is 0.389. The molecule has 1 aliphatic carbocycles. The molecule has 0 saturated heterocycles. The lowest BCUT2D eigenvalue weighted by molar-refractivity contribution is -0.151. The van der Waals surface area contributed by atoms with Crippen LogP contribution in [0, 0.1) is 11.3 Å². The highest BCUT2D eigenvalue weighted by Crippen LogP contribution is 2.49. The van der Waals surface area contributed by atoms with Gasteiger partial charge < -0.3 is 5.11 Å². The quantitative estimate of drug-likeness (QED) is 0.678. The van der Waals surface area contributed by atoms with Crippen LogP contribution < -0.4 is 0 Å². The van der Waals surface area contributed by atoms with Crippen molar-refractivity contribution in [1.29, 1.82) is 0 Å². The Morgan fingerprint density at radius 3 is 2.00 bits per heavy atom. The molecule has 1 fully saturated rings. The fourth-order valence-corrected chi connectivity index (χ4v) is 1.94. The Labute approximate surface area is 67.6 Å². The molecule has 0 spiro atoms. The zero-order valence-electron chi connectivity index (χ0n) is 7.26. The van der Waals surface area contributed by atoms with Crippen molar-refractivity contribution in [1.82, 2.24) is 0 Å². The van der Waals surface area contributed by atoms with Gasteiger partial charge >= 0.3 is 5.97 Å². The van der Waals surface area contributed by atoms with Gasteiger partial charge in [0.15, 0.2) is 0 Å². The van der Waals surface area contributed by atoms with Crippen molar-refractivity contribution in [3.05, 3.63) is 0 Å². The smallest absolute Gasteiger partial charge is 0.309 e. The number of carboxylic acids is 1. The summed E-state index contributed by atoms with van der Waals surface area (Å²) in [5, 5.41) is 9.03. The fraction of sp³-hybridized carbons (Fsp3) is 0.889. The maximum atomic E-state index is 11.0. The molecule has 0 heterocycles. The van der Waals surface area contributed by atoms with E-state index in [-0.39, 0.29) is 5.41 Å². The molecule has 1 N–H and O–H groups in total. The number of carboxylic acid groups (broad SMARTS) is 1. The minimum atomic E-state index is -0.593. The van der Waals surface area contributed by atoms with Crippen LogP contribution in [0.15, 0.2) is 0 Å². The molecule has 2 heteroatoms. The molecule has 0 bridgehead atoms. The first kappa shape index (κ1) is 8.57. The molecule has 0 unspecified atom stereocenters. The van der Waals surface area contributed by atoms with E-state index in [1.165, 1.54) is 0 Å². The van der Waals surface area contributed by atoms with E-state index in [0.29, 0.717) is 5.92 Å². The maximum absolute atomic E-state index is 11.0. The molecule has 0 radical (unpaired) electrons. The second kappa shape index (κ2) is 2.84. The van der Waals surface area contributed by atoms with Gasteiger partial charge in [0.05, 0.1) is 5.41 Å². The summed E-state index contributed by atoms with van der Waals surface area (Å²) in [4.78, 5) is 11.0. The van der Waals surface area contributed by atoms with Gasteiger partial charge in [0.2, 0.25) is 0 Å². The van der Waals surface area contributed by atoms with Crippen LogP contribution in [0.5, 0.6) is 0 Å². The Kier molecular flexibility index (Phi) is 2.21. The van der Waals surface area contributed by atoms with Gasteiger partial charge in [-0.25, -0.2) is 0 Å². The van der Waals surface area contributed by atoms with Crippen molar-refractivity contribution < 1.29 is 9.90 Å². The third kappa shape index (κ3) is 1.26. The molecule has 0 aliphatic heterocycles. The summed E-state index contributed by atoms with van der Waals surface area (Å²) >= 11 is 0. The van der Waals surface area contributed by atoms with Gasteiger partial charge in [-0.05, 0) is 31.6 Å². The van der Waals surface area contributed by atoms with Crippen LogP contribution >= 0.6 is 0 Å². The zero-order valence-corrected chi connectivity index (χ0v) is 7.26. The predicted molar refractivity (Wildman–Crippen MR) is 43.4 cm³/mol. The van der Waals surface area contributed by atoms with Crippen LogP contribution in [-0.2, 0) is 4.79 Å². The molecule has 1 aliphatic rings. The highest BCUT2D eigenvalue weighted by atomic mass is 16.4. The van der Waals surface area contributed by atoms with Crippen LogP contribution in [0.25, 0.3) is 0 Å². The van der Waals surface area contributed by atoms with Crippen LogP contribution in [0.4, 0.5) is 0 Å². The van der Waals surface area contributed by atoms with E-state index >= 15 is 0 Å². The molecule has 0 amide bonds. The molecule has 0 atom stereocenters. The largest absolute Gasteiger partial charge is 0.481 e. The summed E-state index contributed by atoms with van der Waals surface area (Å²) in [7, 11) is 0. The van der Waals surface area contributed by atoms with Crippen LogP contribution in [0.3, 0.4) is 0 Å². The second-order valence-electron chi connectivity index (χ2n) is 3.44. The number of hydrogen-bond acceptors (Lipinski definition) is 1. The monoisotopic (exact) mass is 156 g/mol. The summed E-state index contributed by atoms with van der Waals surface area (Å²) < 4.78 is 0. The van der Waals surface area contributed by atoms with Crippen molar-refractivity contribution in [3.63, 3.8) is 0 Å². The SMILES string of the molecule is CCC(CC)(C(=O)O)C1CC1. The number of carbonyl (C=O) groups is 1. The lowest BCUT2D eigenvalue weighted by Gasteiger charge is -2.26. The molecule has 1 rings (SSSR count). The summed E-state index contributed by atoms with van der Waals surface area (Å²) in [6, 6.07) is 0. The highest BCUT2D eigenvalue weighted by Gasteiger charge is 2.48. The first-order chi connectivity index (χ1) is 5.17. The fourth-order valence-electron chi connectivity index (χ4n) is 1.94. The first-order valence-electron chi connectivity index (χ1n) is 4.40. The first-order valence-corrected chi connectivity index (χ1v) is 4.40. The van der Waals surface area contributed by atoms with Gasteiger partial charge in [-0.1, -0.05) is 13.8 Å². The Morgan fingerprint density at radius 1 is 1.45 bits per heavy atom. The average molecular weight is 156 g/mol. The maximum Gasteiger partial charge on any atom is 0.309 e. The third-order valence-corrected chi connectivity index (χ3v) is 3.05. The Bertz CT molecular complexity index is 155. The Hall–Kier alpha value is -0.530. The standard InChI is InChI=1S/C9H16O2/c1-3-9(4-2,8(10)11)7-5-6-7/h7H,3-6H2,1-2H3,(H,10,11). The average Bonchev–Trinajstić information content (AvgIpc) is 2.74. The topological polar surface area (TPSA) is 37.3 Å². The highest BCUT2D eigenvalue weighted by molar-refractivity contribution is 5.75. The van der Waals surface area contributed by atoms with E-state index in [4.69, 9.17) is 5.11 Å². The molecular weight excluding hydrogens is 140 g/mol. The van der Waals surface area contributed by atoms with Crippen molar-refractivity contribution in [2.75, 3.05) is 0 Å². The molecule has 1 saturated carbocycles. The lowest BCUT2D eigenvalue weighted by atomic mass is 9.78. The molecule has 11 heavy (non-hydrogen) atoms. The van der Waals surface area contributed by atoms with Crippen LogP contribution in [0.2, 0.25) is 0 Å². The van der Waals surface area contributed by atoms with E-state index in [9.17, 15) is 4.79 Å². The number of aliphatic carboxylic acids is 1. The van der Waals surface area contributed by atoms with Crippen LogP contribution in [0.1, 0.15) is 39.5 Å². The molecular formula is C9H16O2. The lowest BCUT2D eigenvalue weighted by Crippen LogP contribution is -2.31. The molecule has 0 aromatic rings. The molecule has 0 aromatic heterocycles. The van der Waals surface area contributed by atoms with Crippen molar-refractivity contribution in [2.45, 2.75) is 39.5 Å². The molecule has 64 valence electrons. The zero-order chi connectivity index (χ0) is 8.48. The summed E-state index contributed by atoms with van der Waals surface area (Å²) in [5.41, 5.74) is -0.389. The van der Waals surface area contributed by atoms with Gasteiger partial charge in [0.1, 0.15) is 0 Å². The van der Waals surface area contributed by atoms with Gasteiger partial charge in [0.25, 0.3) is 0 Å². The normalized spacial score (nSPS) is 18.4. The van der Waals surface area contributed by atoms with Crippen molar-refractivity contribution in [2.24, 2.45) is 11.3 Å². The summed E-state index contributed by atoms with van der Waals surface area (Å²) in [6.07, 6.45) is 3.80. The van der Waals surface area contributed by atoms with Crippen LogP contribution in [-0.4, -0.2) is 11.1 Å². The van der Waals surface area contributed by atoms with Gasteiger partial charge in [-0.15, -0.1) is 0 Å². The van der Waals surface area contributed by atoms with Crippen molar-refractivity contribution in [3.8, 4) is 0 Å². The minimum Gasteiger partial charge on any atom is -0.481 e. The van der Waals surface area contributed by atoms with E-state index in [0.717, 1.165) is 25.7 Å². The Morgan fingerprint density at radius 2 is 1.91 bits per heavy atom. The van der Waals surface area contributed by atoms with Crippen molar-refractivity contribution >= 4 is 5.97 Å². The second-order valence-corrected chi connectivity index (χ2v) is 3.44. The molecule has 0 aromatic carbocycles. The summed E-state index contributed by atoms with van der Waals surface area (Å²) in [5.74, 6) is -0.125. The van der Waals surface area contributed by atoms with E-state index in [1.807, 2.05) is 13.8 Å². The van der Waals surface area contributed by atoms with Gasteiger partial charge in [-0.2, -0.15) is 0 Å². The summed E-state index contributed by atoms with van der Waals surface area (Å²) in [6.45, 7) is 3.96. The van der Waals surface area contributed by atoms with Gasteiger partial charge in [0, 0.05) is 0 Å². The van der Waals surface area contributed by atoms with E-state index < -0.39 is 5.97 Å². The molecule has 2 nitrogen and oxygen atoms in total. The number of rotatable bonds is 4.